The number of ether oxygens (including phenoxy) is 2. The number of anilines is 2. The van der Waals surface area contributed by atoms with Crippen LogP contribution in [0, 0.1) is 0 Å². The zero-order valence-electron chi connectivity index (χ0n) is 24.3. The van der Waals surface area contributed by atoms with Gasteiger partial charge in [-0.25, -0.2) is 4.90 Å². The molecule has 9 nitrogen and oxygen atoms in total. The first-order chi connectivity index (χ1) is 21.7. The van der Waals surface area contributed by atoms with Crippen molar-refractivity contribution in [3.05, 3.63) is 119 Å². The molecule has 0 saturated carbocycles. The zero-order chi connectivity index (χ0) is 31.9. The Hall–Kier alpha value is -5.06. The van der Waals surface area contributed by atoms with Gasteiger partial charge in [-0.05, 0) is 84.9 Å². The van der Waals surface area contributed by atoms with Crippen LogP contribution in [-0.2, 0) is 14.4 Å². The van der Waals surface area contributed by atoms with Crippen molar-refractivity contribution in [3.8, 4) is 11.5 Å². The molecule has 1 saturated heterocycles. The number of carbonyl (C=O) groups is 4. The van der Waals surface area contributed by atoms with Crippen LogP contribution in [-0.4, -0.2) is 43.1 Å². The first-order valence-electron chi connectivity index (χ1n) is 13.8. The van der Waals surface area contributed by atoms with Crippen LogP contribution in [0.15, 0.2) is 108 Å². The Balaban J connectivity index is 1.32. The third kappa shape index (κ3) is 7.54. The number of nitrogens with zero attached hydrogens (tertiary/aromatic N) is 1. The fourth-order valence-electron chi connectivity index (χ4n) is 4.59. The fourth-order valence-corrected chi connectivity index (χ4v) is 5.77. The number of halogens is 1. The lowest BCUT2D eigenvalue weighted by Gasteiger charge is -2.15. The molecular weight excluding hydrogens is 614 g/mol. The number of amides is 4. The maximum atomic E-state index is 13.5. The van der Waals surface area contributed by atoms with E-state index in [0.29, 0.717) is 39.0 Å². The number of nitrogens with one attached hydrogen (secondary N) is 2. The van der Waals surface area contributed by atoms with E-state index in [-0.39, 0.29) is 23.9 Å². The van der Waals surface area contributed by atoms with E-state index in [1.165, 1.54) is 37.0 Å². The molecule has 1 fully saturated rings. The van der Waals surface area contributed by atoms with Gasteiger partial charge < -0.3 is 20.1 Å². The van der Waals surface area contributed by atoms with Gasteiger partial charge in [0.05, 0.1) is 25.2 Å². The molecule has 11 heteroatoms. The number of rotatable bonds is 10. The third-order valence-corrected chi connectivity index (χ3v) is 8.30. The largest absolute Gasteiger partial charge is 0.497 e. The highest BCUT2D eigenvalue weighted by Gasteiger charge is 2.40. The second-order valence-electron chi connectivity index (χ2n) is 9.82. The summed E-state index contributed by atoms with van der Waals surface area (Å²) in [4.78, 5) is 54.1. The van der Waals surface area contributed by atoms with Crippen LogP contribution in [0.25, 0.3) is 6.08 Å². The summed E-state index contributed by atoms with van der Waals surface area (Å²) in [6, 6.07) is 27.1. The highest BCUT2D eigenvalue weighted by Crippen LogP contribution is 2.35. The molecule has 0 aliphatic carbocycles. The minimum Gasteiger partial charge on any atom is -0.497 e. The van der Waals surface area contributed by atoms with Crippen LogP contribution in [0.4, 0.5) is 11.4 Å². The summed E-state index contributed by atoms with van der Waals surface area (Å²) in [5.41, 5.74) is 1.81. The zero-order valence-corrected chi connectivity index (χ0v) is 25.9. The molecule has 1 aliphatic heterocycles. The lowest BCUT2D eigenvalue weighted by Crippen LogP contribution is -2.31. The fraction of sp³-hybridized carbons (Fsp3) is 0.118. The van der Waals surface area contributed by atoms with Gasteiger partial charge in [0.15, 0.2) is 0 Å². The average molecular weight is 642 g/mol. The van der Waals surface area contributed by atoms with Gasteiger partial charge in [0.25, 0.3) is 11.8 Å². The molecule has 5 rings (SSSR count). The lowest BCUT2D eigenvalue weighted by molar-refractivity contribution is -0.121. The predicted molar refractivity (Wildman–Crippen MR) is 175 cm³/mol. The Morgan fingerprint density at radius 2 is 1.62 bits per heavy atom. The van der Waals surface area contributed by atoms with Crippen LogP contribution in [0.2, 0.25) is 5.02 Å². The van der Waals surface area contributed by atoms with E-state index in [1.807, 2.05) is 0 Å². The molecule has 4 aromatic rings. The number of methoxy groups -OCH3 is 2. The van der Waals surface area contributed by atoms with E-state index < -0.39 is 17.1 Å². The molecule has 45 heavy (non-hydrogen) atoms. The number of hydrogen-bond acceptors (Lipinski definition) is 7. The van der Waals surface area contributed by atoms with Crippen LogP contribution in [0.5, 0.6) is 11.5 Å². The summed E-state index contributed by atoms with van der Waals surface area (Å²) in [5, 5.41) is 5.44. The second-order valence-corrected chi connectivity index (χ2v) is 11.5. The Morgan fingerprint density at radius 1 is 0.911 bits per heavy atom. The normalized spacial score (nSPS) is 14.7. The van der Waals surface area contributed by atoms with Crippen molar-refractivity contribution in [1.82, 2.24) is 5.32 Å². The number of imide groups is 1. The van der Waals surface area contributed by atoms with Crippen molar-refractivity contribution < 1.29 is 28.7 Å². The van der Waals surface area contributed by atoms with Gasteiger partial charge in [0.1, 0.15) is 17.2 Å². The van der Waals surface area contributed by atoms with Crippen molar-refractivity contribution in [2.75, 3.05) is 24.4 Å². The first-order valence-corrected chi connectivity index (χ1v) is 15.0. The van der Waals surface area contributed by atoms with E-state index in [2.05, 4.69) is 10.6 Å². The Bertz CT molecular complexity index is 1760. The summed E-state index contributed by atoms with van der Waals surface area (Å²) < 4.78 is 10.8. The van der Waals surface area contributed by atoms with Gasteiger partial charge in [-0.2, -0.15) is 0 Å². The molecule has 0 bridgehead atoms. The van der Waals surface area contributed by atoms with E-state index in [1.54, 1.807) is 97.1 Å². The summed E-state index contributed by atoms with van der Waals surface area (Å²) >= 11 is 7.21. The van der Waals surface area contributed by atoms with Crippen molar-refractivity contribution in [2.24, 2.45) is 0 Å². The summed E-state index contributed by atoms with van der Waals surface area (Å²) in [7, 11) is 3.03. The number of benzene rings is 4. The van der Waals surface area contributed by atoms with E-state index in [9.17, 15) is 19.2 Å². The van der Waals surface area contributed by atoms with Crippen LogP contribution >= 0.6 is 23.4 Å². The van der Waals surface area contributed by atoms with Crippen molar-refractivity contribution in [2.45, 2.75) is 16.6 Å². The molecule has 2 N–H and O–H groups in total. The van der Waals surface area contributed by atoms with Gasteiger partial charge >= 0.3 is 0 Å². The Morgan fingerprint density at radius 3 is 2.29 bits per heavy atom. The van der Waals surface area contributed by atoms with Gasteiger partial charge in [-0.1, -0.05) is 29.8 Å². The average Bonchev–Trinajstić information content (AvgIpc) is 3.33. The standard InChI is InChI=1S/C34H28ClN3O6S/c1-43-26-14-17-29(44-2)22(18-26)19-28(37-32(40)21-6-4-3-5-7-21)33(41)36-24-10-15-27(16-11-24)45-30-20-31(39)38(34(30)42)25-12-8-23(35)9-13-25/h3-19,30H,20H2,1-2H3,(H,36,41)(H,37,40)/b28-19-. The molecule has 228 valence electrons. The van der Waals surface area contributed by atoms with E-state index >= 15 is 0 Å². The van der Waals surface area contributed by atoms with Gasteiger partial charge in [0, 0.05) is 33.2 Å². The van der Waals surface area contributed by atoms with Gasteiger partial charge in [-0.3, -0.25) is 19.2 Å². The van der Waals surface area contributed by atoms with Crippen molar-refractivity contribution in [3.63, 3.8) is 0 Å². The maximum absolute atomic E-state index is 13.5. The topological polar surface area (TPSA) is 114 Å². The third-order valence-electron chi connectivity index (χ3n) is 6.85. The first kappa shape index (κ1) is 31.4. The molecule has 1 heterocycles. The second kappa shape index (κ2) is 14.1. The minimum absolute atomic E-state index is 0.0220. The monoisotopic (exact) mass is 641 g/mol. The lowest BCUT2D eigenvalue weighted by atomic mass is 10.1. The number of thioether (sulfide) groups is 1. The number of hydrogen-bond donors (Lipinski definition) is 2. The van der Waals surface area contributed by atoms with E-state index in [4.69, 9.17) is 21.1 Å². The Kier molecular flexibility index (Phi) is 9.86. The highest BCUT2D eigenvalue weighted by atomic mass is 35.5. The minimum atomic E-state index is -0.589. The number of carbonyl (C=O) groups excluding carboxylic acids is 4. The van der Waals surface area contributed by atoms with E-state index in [0.717, 1.165) is 4.90 Å². The van der Waals surface area contributed by atoms with Crippen LogP contribution in [0.3, 0.4) is 0 Å². The van der Waals surface area contributed by atoms with Gasteiger partial charge in [0.2, 0.25) is 11.8 Å². The van der Waals surface area contributed by atoms with Crippen molar-refractivity contribution in [1.29, 1.82) is 0 Å². The summed E-state index contributed by atoms with van der Waals surface area (Å²) in [6.07, 6.45) is 1.57. The summed E-state index contributed by atoms with van der Waals surface area (Å²) in [5.74, 6) is -0.599. The molecule has 0 spiro atoms. The molecule has 4 aromatic carbocycles. The highest BCUT2D eigenvalue weighted by molar-refractivity contribution is 8.00. The van der Waals surface area contributed by atoms with Crippen LogP contribution < -0.4 is 25.0 Å². The summed E-state index contributed by atoms with van der Waals surface area (Å²) in [6.45, 7) is 0. The predicted octanol–water partition coefficient (Wildman–Crippen LogP) is 6.19. The molecule has 1 unspecified atom stereocenters. The molecule has 1 atom stereocenters. The maximum Gasteiger partial charge on any atom is 0.272 e. The molecule has 0 radical (unpaired) electrons. The van der Waals surface area contributed by atoms with Gasteiger partial charge in [-0.15, -0.1) is 11.8 Å². The smallest absolute Gasteiger partial charge is 0.272 e. The van der Waals surface area contributed by atoms with Crippen molar-refractivity contribution >= 4 is 64.4 Å². The molecule has 1 aliphatic rings. The quantitative estimate of drug-likeness (QED) is 0.157. The molecular formula is C34H28ClN3O6S. The SMILES string of the molecule is COc1ccc(OC)c(/C=C(\NC(=O)c2ccccc2)C(=O)Nc2ccc(SC3CC(=O)N(c4ccc(Cl)cc4)C3=O)cc2)c1. The van der Waals surface area contributed by atoms with Crippen LogP contribution in [0.1, 0.15) is 22.3 Å². The molecule has 4 amide bonds. The molecule has 0 aromatic heterocycles. The Labute approximate surface area is 269 Å².